The van der Waals surface area contributed by atoms with Gasteiger partial charge in [0.15, 0.2) is 0 Å². The molecule has 0 spiro atoms. The number of anilines is 1. The fourth-order valence-corrected chi connectivity index (χ4v) is 4.81. The van der Waals surface area contributed by atoms with E-state index in [0.717, 1.165) is 5.69 Å². The monoisotopic (exact) mass is 547 g/mol. The minimum atomic E-state index is -0.418. The number of nitro groups is 1. The van der Waals surface area contributed by atoms with Crippen molar-refractivity contribution in [3.63, 3.8) is 0 Å². The fraction of sp³-hybridized carbons (Fsp3) is 0.214. The number of ether oxygens (including phenoxy) is 2. The molecule has 0 saturated carbocycles. The van der Waals surface area contributed by atoms with Crippen LogP contribution in [0.3, 0.4) is 0 Å². The third-order valence-corrected chi connectivity index (χ3v) is 7.01. The highest BCUT2D eigenvalue weighted by Gasteiger charge is 2.28. The summed E-state index contributed by atoms with van der Waals surface area (Å²) in [6.45, 7) is 2.13. The molecule has 10 nitrogen and oxygen atoms in total. The fourth-order valence-electron chi connectivity index (χ4n) is 4.60. The summed E-state index contributed by atoms with van der Waals surface area (Å²) in [7, 11) is 3.15. The Morgan fingerprint density at radius 3 is 2.31 bits per heavy atom. The number of nitro benzene ring substituents is 1. The highest BCUT2D eigenvalue weighted by atomic mass is 35.5. The smallest absolute Gasteiger partial charge is 0.272 e. The number of methoxy groups -OCH3 is 2. The number of rotatable bonds is 7. The molecule has 0 unspecified atom stereocenters. The van der Waals surface area contributed by atoms with Crippen molar-refractivity contribution in [2.45, 2.75) is 0 Å². The number of nitrogens with zero attached hydrogens (tertiary/aromatic N) is 5. The van der Waals surface area contributed by atoms with Gasteiger partial charge in [-0.1, -0.05) is 23.7 Å². The van der Waals surface area contributed by atoms with Gasteiger partial charge in [0, 0.05) is 55.6 Å². The number of benzene rings is 3. The van der Waals surface area contributed by atoms with Gasteiger partial charge >= 0.3 is 0 Å². The molecule has 200 valence electrons. The zero-order valence-electron chi connectivity index (χ0n) is 21.4. The largest absolute Gasteiger partial charge is 0.497 e. The van der Waals surface area contributed by atoms with E-state index in [9.17, 15) is 14.9 Å². The minimum Gasteiger partial charge on any atom is -0.497 e. The predicted molar refractivity (Wildman–Crippen MR) is 148 cm³/mol. The molecule has 2 heterocycles. The zero-order valence-corrected chi connectivity index (χ0v) is 22.2. The standard InChI is InChI=1S/C28H26ClN5O5/c1-38-21-11-12-22(27(17-21)39-2)24-18-26(33(30-24)25-6-4-3-5-23(25)29)28(35)32-15-13-31(14-16-32)19-7-9-20(10-8-19)34(36)37/h3-12,17-18H,13-16H2,1-2H3. The van der Waals surface area contributed by atoms with Gasteiger partial charge in [-0.2, -0.15) is 5.10 Å². The number of carbonyl (C=O) groups excluding carboxylic acids is 1. The van der Waals surface area contributed by atoms with E-state index >= 15 is 0 Å². The number of amides is 1. The lowest BCUT2D eigenvalue weighted by Gasteiger charge is -2.36. The molecule has 0 atom stereocenters. The average Bonchev–Trinajstić information content (AvgIpc) is 3.41. The number of hydrogen-bond acceptors (Lipinski definition) is 7. The molecule has 1 aliphatic rings. The Bertz CT molecular complexity index is 1510. The summed E-state index contributed by atoms with van der Waals surface area (Å²) in [5, 5.41) is 16.2. The summed E-state index contributed by atoms with van der Waals surface area (Å²) in [6.07, 6.45) is 0. The Morgan fingerprint density at radius 1 is 0.949 bits per heavy atom. The molecule has 4 aromatic rings. The van der Waals surface area contributed by atoms with Crippen LogP contribution in [0.1, 0.15) is 10.5 Å². The highest BCUT2D eigenvalue weighted by molar-refractivity contribution is 6.32. The van der Waals surface area contributed by atoms with E-state index in [1.807, 2.05) is 30.3 Å². The quantitative estimate of drug-likeness (QED) is 0.235. The first-order chi connectivity index (χ1) is 18.9. The van der Waals surface area contributed by atoms with Gasteiger partial charge in [-0.15, -0.1) is 0 Å². The van der Waals surface area contributed by atoms with Crippen molar-refractivity contribution in [1.29, 1.82) is 0 Å². The van der Waals surface area contributed by atoms with Crippen LogP contribution in [0.25, 0.3) is 16.9 Å². The lowest BCUT2D eigenvalue weighted by molar-refractivity contribution is -0.384. The van der Waals surface area contributed by atoms with Crippen LogP contribution in [-0.2, 0) is 0 Å². The molecule has 1 amide bonds. The van der Waals surface area contributed by atoms with Crippen LogP contribution in [0.4, 0.5) is 11.4 Å². The molecular formula is C28H26ClN5O5. The Labute approximate surface area is 230 Å². The van der Waals surface area contributed by atoms with Crippen LogP contribution in [0, 0.1) is 10.1 Å². The summed E-state index contributed by atoms with van der Waals surface area (Å²) >= 11 is 6.52. The van der Waals surface area contributed by atoms with E-state index in [4.69, 9.17) is 26.2 Å². The number of halogens is 1. The van der Waals surface area contributed by atoms with E-state index in [2.05, 4.69) is 4.90 Å². The summed E-state index contributed by atoms with van der Waals surface area (Å²) in [6, 6.07) is 20.8. The van der Waals surface area contributed by atoms with E-state index in [-0.39, 0.29) is 11.6 Å². The second-order valence-electron chi connectivity index (χ2n) is 8.90. The highest BCUT2D eigenvalue weighted by Crippen LogP contribution is 2.34. The third kappa shape index (κ3) is 5.23. The van der Waals surface area contributed by atoms with Crippen molar-refractivity contribution in [2.75, 3.05) is 45.3 Å². The van der Waals surface area contributed by atoms with Gasteiger partial charge in [-0.25, -0.2) is 4.68 Å². The van der Waals surface area contributed by atoms with Crippen molar-refractivity contribution in [3.8, 4) is 28.4 Å². The molecule has 11 heteroatoms. The van der Waals surface area contributed by atoms with Gasteiger partial charge in [-0.05, 0) is 42.5 Å². The molecule has 0 radical (unpaired) electrons. The normalized spacial score (nSPS) is 13.3. The zero-order chi connectivity index (χ0) is 27.5. The SMILES string of the molecule is COc1ccc(-c2cc(C(=O)N3CCN(c4ccc([N+](=O)[O-])cc4)CC3)n(-c3ccccc3Cl)n2)c(OC)c1. The van der Waals surface area contributed by atoms with Crippen molar-refractivity contribution in [1.82, 2.24) is 14.7 Å². The maximum Gasteiger partial charge on any atom is 0.272 e. The molecule has 39 heavy (non-hydrogen) atoms. The van der Waals surface area contributed by atoms with Crippen LogP contribution in [-0.4, -0.2) is 65.9 Å². The van der Waals surface area contributed by atoms with Crippen LogP contribution >= 0.6 is 11.6 Å². The number of para-hydroxylation sites is 1. The molecular weight excluding hydrogens is 522 g/mol. The first-order valence-electron chi connectivity index (χ1n) is 12.3. The van der Waals surface area contributed by atoms with Gasteiger partial charge in [0.05, 0.1) is 35.5 Å². The van der Waals surface area contributed by atoms with Gasteiger partial charge in [0.1, 0.15) is 17.2 Å². The number of non-ortho nitro benzene ring substituents is 1. The number of hydrogen-bond donors (Lipinski definition) is 0. The third-order valence-electron chi connectivity index (χ3n) is 6.69. The molecule has 1 aliphatic heterocycles. The van der Waals surface area contributed by atoms with Crippen molar-refractivity contribution < 1.29 is 19.2 Å². The van der Waals surface area contributed by atoms with Crippen LogP contribution < -0.4 is 14.4 Å². The average molecular weight is 548 g/mol. The van der Waals surface area contributed by atoms with Gasteiger partial charge in [-0.3, -0.25) is 14.9 Å². The Morgan fingerprint density at radius 2 is 1.67 bits per heavy atom. The number of piperazine rings is 1. The van der Waals surface area contributed by atoms with Crippen LogP contribution in [0.5, 0.6) is 11.5 Å². The molecule has 1 saturated heterocycles. The number of carbonyl (C=O) groups is 1. The van der Waals surface area contributed by atoms with Crippen LogP contribution in [0.15, 0.2) is 72.8 Å². The Kier molecular flexibility index (Phi) is 7.38. The number of aromatic nitrogens is 2. The molecule has 3 aromatic carbocycles. The van der Waals surface area contributed by atoms with Crippen molar-refractivity contribution >= 4 is 28.9 Å². The van der Waals surface area contributed by atoms with E-state index < -0.39 is 4.92 Å². The Hall–Kier alpha value is -4.57. The summed E-state index contributed by atoms with van der Waals surface area (Å²) in [5.41, 5.74) is 3.15. The van der Waals surface area contributed by atoms with Crippen molar-refractivity contribution in [3.05, 3.63) is 93.6 Å². The van der Waals surface area contributed by atoms with Crippen LogP contribution in [0.2, 0.25) is 5.02 Å². The second-order valence-corrected chi connectivity index (χ2v) is 9.30. The molecule has 0 aliphatic carbocycles. The van der Waals surface area contributed by atoms with E-state index in [1.165, 1.54) is 12.1 Å². The molecule has 0 N–H and O–H groups in total. The van der Waals surface area contributed by atoms with E-state index in [0.29, 0.717) is 65.3 Å². The first-order valence-corrected chi connectivity index (χ1v) is 12.6. The molecule has 0 bridgehead atoms. The Balaban J connectivity index is 1.44. The lowest BCUT2D eigenvalue weighted by atomic mass is 10.1. The van der Waals surface area contributed by atoms with Gasteiger partial charge < -0.3 is 19.3 Å². The molecule has 1 aromatic heterocycles. The maximum atomic E-state index is 13.8. The summed E-state index contributed by atoms with van der Waals surface area (Å²) in [5.74, 6) is 1.03. The topological polar surface area (TPSA) is 103 Å². The van der Waals surface area contributed by atoms with Crippen molar-refractivity contribution in [2.24, 2.45) is 0 Å². The predicted octanol–water partition coefficient (Wildman–Crippen LogP) is 5.08. The minimum absolute atomic E-state index is 0.0460. The van der Waals surface area contributed by atoms with E-state index in [1.54, 1.807) is 54.1 Å². The lowest BCUT2D eigenvalue weighted by Crippen LogP contribution is -2.49. The van der Waals surface area contributed by atoms with Gasteiger partial charge in [0.25, 0.3) is 11.6 Å². The molecule has 1 fully saturated rings. The molecule has 5 rings (SSSR count). The van der Waals surface area contributed by atoms with Gasteiger partial charge in [0.2, 0.25) is 0 Å². The first kappa shape index (κ1) is 26.1. The second kappa shape index (κ2) is 11.0. The maximum absolute atomic E-state index is 13.8. The summed E-state index contributed by atoms with van der Waals surface area (Å²) in [4.78, 5) is 28.3. The summed E-state index contributed by atoms with van der Waals surface area (Å²) < 4.78 is 12.5.